The van der Waals surface area contributed by atoms with Crippen LogP contribution in [0.25, 0.3) is 0 Å². The third-order valence-corrected chi connectivity index (χ3v) is 6.77. The molecule has 4 saturated carbocycles. The third-order valence-electron chi connectivity index (χ3n) is 6.77. The molecular weight excluding hydrogens is 244 g/mol. The van der Waals surface area contributed by atoms with Gasteiger partial charge in [0.05, 0.1) is 0 Å². The van der Waals surface area contributed by atoms with E-state index in [-0.39, 0.29) is 0 Å². The van der Waals surface area contributed by atoms with Crippen molar-refractivity contribution in [3.63, 3.8) is 0 Å². The molecule has 4 fully saturated rings. The van der Waals surface area contributed by atoms with Gasteiger partial charge >= 0.3 is 0 Å². The minimum atomic E-state index is 0.620. The summed E-state index contributed by atoms with van der Waals surface area (Å²) < 4.78 is 2.47. The highest BCUT2D eigenvalue weighted by Crippen LogP contribution is 2.62. The maximum absolute atomic E-state index is 3.82. The first-order chi connectivity index (χ1) is 9.80. The first-order valence-electron chi connectivity index (χ1n) is 8.68. The van der Waals surface area contributed by atoms with Gasteiger partial charge in [0.25, 0.3) is 0 Å². The molecule has 5 aliphatic rings. The van der Waals surface area contributed by atoms with E-state index in [4.69, 9.17) is 0 Å². The average Bonchev–Trinajstić information content (AvgIpc) is 2.86. The predicted octanol–water partition coefficient (Wildman–Crippen LogP) is 3.74. The van der Waals surface area contributed by atoms with Crippen molar-refractivity contribution in [2.24, 2.45) is 23.2 Å². The molecule has 0 aromatic carbocycles. The summed E-state index contributed by atoms with van der Waals surface area (Å²) in [6, 6.07) is 5.20. The highest BCUT2D eigenvalue weighted by Gasteiger charge is 2.51. The number of hydrogen-bond acceptors (Lipinski definition) is 1. The smallest absolute Gasteiger partial charge is 0.0480 e. The molecule has 4 aliphatic carbocycles. The lowest BCUT2D eigenvalue weighted by atomic mass is 9.48. The first kappa shape index (κ1) is 11.9. The Labute approximate surface area is 121 Å². The summed E-state index contributed by atoms with van der Waals surface area (Å²) in [7, 11) is 0. The Balaban J connectivity index is 1.42. The summed E-state index contributed by atoms with van der Waals surface area (Å²) in [5.41, 5.74) is 2.24. The van der Waals surface area contributed by atoms with Gasteiger partial charge < -0.3 is 9.88 Å². The molecule has 1 aromatic heterocycles. The number of rotatable bonds is 2. The standard InChI is InChI=1S/C18H26N2/c1-2-17-16(19-3-5-20(17)4-1)12-18-9-13-6-14(10-18)8-15(7-13)11-18/h1-2,4,13-16,19H,3,5-12H2. The van der Waals surface area contributed by atoms with E-state index in [1.165, 1.54) is 6.42 Å². The fourth-order valence-electron chi connectivity index (χ4n) is 6.56. The van der Waals surface area contributed by atoms with Crippen LogP contribution in [0.4, 0.5) is 0 Å². The normalized spacial score (nSPS) is 45.6. The van der Waals surface area contributed by atoms with Crippen molar-refractivity contribution in [2.75, 3.05) is 6.54 Å². The van der Waals surface area contributed by atoms with Crippen LogP contribution >= 0.6 is 0 Å². The molecule has 6 rings (SSSR count). The molecule has 4 bridgehead atoms. The lowest BCUT2D eigenvalue weighted by Crippen LogP contribution is -2.48. The molecule has 1 N–H and O–H groups in total. The Hall–Kier alpha value is -0.760. The second kappa shape index (κ2) is 4.13. The van der Waals surface area contributed by atoms with Gasteiger partial charge in [-0.15, -0.1) is 0 Å². The Kier molecular flexibility index (Phi) is 2.45. The first-order valence-corrected chi connectivity index (χ1v) is 8.68. The van der Waals surface area contributed by atoms with Crippen LogP contribution in [0.3, 0.4) is 0 Å². The molecule has 0 spiro atoms. The van der Waals surface area contributed by atoms with E-state index in [0.717, 1.165) is 30.8 Å². The molecule has 1 unspecified atom stereocenters. The van der Waals surface area contributed by atoms with Gasteiger partial charge in [-0.2, -0.15) is 0 Å². The predicted molar refractivity (Wildman–Crippen MR) is 80.4 cm³/mol. The molecule has 108 valence electrons. The molecule has 2 heteroatoms. The summed E-state index contributed by atoms with van der Waals surface area (Å²) in [5.74, 6) is 3.24. The lowest BCUT2D eigenvalue weighted by molar-refractivity contribution is -0.0631. The van der Waals surface area contributed by atoms with Gasteiger partial charge in [-0.05, 0) is 80.2 Å². The van der Waals surface area contributed by atoms with E-state index < -0.39 is 0 Å². The molecule has 1 atom stereocenters. The molecular formula is C18H26N2. The molecule has 2 nitrogen and oxygen atoms in total. The molecule has 0 saturated heterocycles. The second-order valence-corrected chi connectivity index (χ2v) is 8.25. The second-order valence-electron chi connectivity index (χ2n) is 8.25. The number of nitrogens with one attached hydrogen (secondary N) is 1. The summed E-state index contributed by atoms with van der Waals surface area (Å²) in [6.45, 7) is 2.30. The van der Waals surface area contributed by atoms with Crippen LogP contribution in [-0.4, -0.2) is 11.1 Å². The van der Waals surface area contributed by atoms with E-state index in [0.29, 0.717) is 11.5 Å². The largest absolute Gasteiger partial charge is 0.349 e. The zero-order valence-electron chi connectivity index (χ0n) is 12.4. The maximum atomic E-state index is 3.82. The van der Waals surface area contributed by atoms with Crippen molar-refractivity contribution in [1.29, 1.82) is 0 Å². The Morgan fingerprint density at radius 2 is 1.80 bits per heavy atom. The summed E-state index contributed by atoms with van der Waals surface area (Å²) in [5, 5.41) is 3.82. The van der Waals surface area contributed by atoms with Crippen LogP contribution in [0.5, 0.6) is 0 Å². The highest BCUT2D eigenvalue weighted by atomic mass is 15.1. The molecule has 1 aromatic rings. The SMILES string of the molecule is c1cc2n(c1)CCNC2CC12CC3CC(CC(C3)C1)C2. The van der Waals surface area contributed by atoms with Crippen LogP contribution in [0, 0.1) is 23.2 Å². The summed E-state index contributed by atoms with van der Waals surface area (Å²) in [4.78, 5) is 0. The minimum absolute atomic E-state index is 0.620. The quantitative estimate of drug-likeness (QED) is 0.866. The Bertz CT molecular complexity index is 480. The number of fused-ring (bicyclic) bond motifs is 1. The van der Waals surface area contributed by atoms with Crippen LogP contribution in [0.15, 0.2) is 18.3 Å². The van der Waals surface area contributed by atoms with E-state index >= 15 is 0 Å². The van der Waals surface area contributed by atoms with Crippen molar-refractivity contribution in [2.45, 2.75) is 57.5 Å². The van der Waals surface area contributed by atoms with Crippen LogP contribution in [-0.2, 0) is 6.54 Å². The fourth-order valence-corrected chi connectivity index (χ4v) is 6.56. The van der Waals surface area contributed by atoms with Crippen LogP contribution < -0.4 is 5.32 Å². The third kappa shape index (κ3) is 1.73. The molecule has 2 heterocycles. The number of nitrogens with zero attached hydrogens (tertiary/aromatic N) is 1. The van der Waals surface area contributed by atoms with Crippen molar-refractivity contribution in [3.8, 4) is 0 Å². The Morgan fingerprint density at radius 1 is 1.10 bits per heavy atom. The molecule has 20 heavy (non-hydrogen) atoms. The lowest BCUT2D eigenvalue weighted by Gasteiger charge is -2.58. The molecule has 0 amide bonds. The van der Waals surface area contributed by atoms with E-state index in [9.17, 15) is 0 Å². The zero-order valence-corrected chi connectivity index (χ0v) is 12.4. The van der Waals surface area contributed by atoms with Gasteiger partial charge in [0.1, 0.15) is 0 Å². The van der Waals surface area contributed by atoms with Crippen molar-refractivity contribution in [3.05, 3.63) is 24.0 Å². The topological polar surface area (TPSA) is 17.0 Å². The minimum Gasteiger partial charge on any atom is -0.349 e. The van der Waals surface area contributed by atoms with Crippen molar-refractivity contribution >= 4 is 0 Å². The van der Waals surface area contributed by atoms with E-state index in [1.807, 2.05) is 0 Å². The zero-order chi connectivity index (χ0) is 13.2. The van der Waals surface area contributed by atoms with Crippen LogP contribution in [0.1, 0.15) is 56.7 Å². The van der Waals surface area contributed by atoms with Gasteiger partial charge in [0.15, 0.2) is 0 Å². The van der Waals surface area contributed by atoms with E-state index in [2.05, 4.69) is 28.2 Å². The average molecular weight is 270 g/mol. The van der Waals surface area contributed by atoms with Gasteiger partial charge in [-0.3, -0.25) is 0 Å². The fraction of sp³-hybridized carbons (Fsp3) is 0.778. The van der Waals surface area contributed by atoms with Gasteiger partial charge in [-0.25, -0.2) is 0 Å². The maximum Gasteiger partial charge on any atom is 0.0480 e. The molecule has 0 radical (unpaired) electrons. The van der Waals surface area contributed by atoms with Gasteiger partial charge in [0, 0.05) is 31.0 Å². The van der Waals surface area contributed by atoms with Gasteiger partial charge in [-0.1, -0.05) is 0 Å². The molecule has 1 aliphatic heterocycles. The highest BCUT2D eigenvalue weighted by molar-refractivity contribution is 5.16. The summed E-state index contributed by atoms with van der Waals surface area (Å²) >= 11 is 0. The monoisotopic (exact) mass is 270 g/mol. The van der Waals surface area contributed by atoms with Crippen molar-refractivity contribution < 1.29 is 0 Å². The van der Waals surface area contributed by atoms with E-state index in [1.54, 1.807) is 44.2 Å². The van der Waals surface area contributed by atoms with Gasteiger partial charge in [0.2, 0.25) is 0 Å². The number of aromatic nitrogens is 1. The van der Waals surface area contributed by atoms with Crippen molar-refractivity contribution in [1.82, 2.24) is 9.88 Å². The van der Waals surface area contributed by atoms with Crippen LogP contribution in [0.2, 0.25) is 0 Å². The number of hydrogen-bond donors (Lipinski definition) is 1. The Morgan fingerprint density at radius 3 is 2.50 bits per heavy atom. The summed E-state index contributed by atoms with van der Waals surface area (Å²) in [6.07, 6.45) is 13.0.